The monoisotopic (exact) mass is 458 g/mol. The predicted octanol–water partition coefficient (Wildman–Crippen LogP) is 3.27. The summed E-state index contributed by atoms with van der Waals surface area (Å²) in [5.74, 6) is 1.35. The fourth-order valence-electron chi connectivity index (χ4n) is 3.57. The van der Waals surface area contributed by atoms with Gasteiger partial charge in [-0.05, 0) is 48.9 Å². The van der Waals surface area contributed by atoms with E-state index < -0.39 is 11.9 Å². The van der Waals surface area contributed by atoms with Crippen molar-refractivity contribution in [2.45, 2.75) is 19.6 Å². The second kappa shape index (κ2) is 9.14. The van der Waals surface area contributed by atoms with E-state index in [0.717, 1.165) is 5.56 Å². The van der Waals surface area contributed by atoms with Gasteiger partial charge < -0.3 is 19.5 Å². The lowest BCUT2D eigenvalue weighted by Crippen LogP contribution is -2.57. The number of carbonyl (C=O) groups excluding carboxylic acids is 2. The summed E-state index contributed by atoms with van der Waals surface area (Å²) >= 11 is 0. The number of ether oxygens (including phenoxy) is 3. The molecular weight excluding hydrogens is 436 g/mol. The molecule has 9 heteroatoms. The van der Waals surface area contributed by atoms with E-state index >= 15 is 0 Å². The number of para-hydroxylation sites is 1. The Hall–Kier alpha value is -4.53. The number of nitrogens with one attached hydrogen (secondary N) is 2. The Labute approximate surface area is 195 Å². The van der Waals surface area contributed by atoms with Gasteiger partial charge in [0, 0.05) is 11.8 Å². The number of hydrogen-bond donors (Lipinski definition) is 2. The van der Waals surface area contributed by atoms with Gasteiger partial charge in [0.2, 0.25) is 12.6 Å². The largest absolute Gasteiger partial charge is 0.489 e. The van der Waals surface area contributed by atoms with Gasteiger partial charge in [0.1, 0.15) is 18.4 Å². The molecule has 3 aromatic carbocycles. The number of hydrazine groups is 1. The van der Waals surface area contributed by atoms with Gasteiger partial charge in [-0.1, -0.05) is 30.3 Å². The van der Waals surface area contributed by atoms with Gasteiger partial charge in [-0.3, -0.25) is 15.0 Å². The van der Waals surface area contributed by atoms with E-state index in [1.807, 2.05) is 42.5 Å². The van der Waals surface area contributed by atoms with E-state index in [-0.39, 0.29) is 18.5 Å². The van der Waals surface area contributed by atoms with Crippen molar-refractivity contribution in [3.8, 4) is 17.2 Å². The average Bonchev–Trinajstić information content (AvgIpc) is 3.33. The van der Waals surface area contributed by atoms with Crippen LogP contribution in [0.15, 0.2) is 77.8 Å². The van der Waals surface area contributed by atoms with Gasteiger partial charge in [-0.25, -0.2) is 10.0 Å². The van der Waals surface area contributed by atoms with Crippen molar-refractivity contribution in [1.29, 1.82) is 0 Å². The molecule has 1 atom stereocenters. The van der Waals surface area contributed by atoms with Crippen LogP contribution in [0.4, 0.5) is 11.4 Å². The Bertz CT molecular complexity index is 1260. The Kier molecular flexibility index (Phi) is 5.73. The molecule has 0 spiro atoms. The highest BCUT2D eigenvalue weighted by Gasteiger charge is 2.30. The summed E-state index contributed by atoms with van der Waals surface area (Å²) in [5, 5.41) is 4.16. The summed E-state index contributed by atoms with van der Waals surface area (Å²) in [6.45, 7) is 2.16. The zero-order valence-electron chi connectivity index (χ0n) is 18.4. The SMILES string of the molecule is CC1N=C(C(=O)Nc2cccc(COc3ccc4c(c3)OCO4)c2)NN(c2ccccc2)C1=O. The smallest absolute Gasteiger partial charge is 0.292 e. The van der Waals surface area contributed by atoms with E-state index in [0.29, 0.717) is 35.2 Å². The van der Waals surface area contributed by atoms with E-state index in [1.54, 1.807) is 37.3 Å². The summed E-state index contributed by atoms with van der Waals surface area (Å²) in [5.41, 5.74) is 4.90. The highest BCUT2D eigenvalue weighted by Crippen LogP contribution is 2.35. The minimum Gasteiger partial charge on any atom is -0.489 e. The maximum atomic E-state index is 12.9. The van der Waals surface area contributed by atoms with Crippen molar-refractivity contribution in [3.05, 3.63) is 78.4 Å². The van der Waals surface area contributed by atoms with Crippen LogP contribution in [0.5, 0.6) is 17.2 Å². The number of aliphatic imine (C=N–C) groups is 1. The summed E-state index contributed by atoms with van der Waals surface area (Å²) in [4.78, 5) is 29.7. The first-order valence-electron chi connectivity index (χ1n) is 10.7. The van der Waals surface area contributed by atoms with Crippen molar-refractivity contribution in [1.82, 2.24) is 5.43 Å². The second-order valence-electron chi connectivity index (χ2n) is 7.73. The van der Waals surface area contributed by atoms with Crippen LogP contribution in [0.3, 0.4) is 0 Å². The zero-order chi connectivity index (χ0) is 23.5. The average molecular weight is 458 g/mol. The molecule has 0 aromatic heterocycles. The maximum absolute atomic E-state index is 12.9. The zero-order valence-corrected chi connectivity index (χ0v) is 18.4. The molecule has 3 aromatic rings. The van der Waals surface area contributed by atoms with Gasteiger partial charge in [0.15, 0.2) is 11.5 Å². The molecule has 2 aliphatic heterocycles. The van der Waals surface area contributed by atoms with Crippen molar-refractivity contribution in [3.63, 3.8) is 0 Å². The molecule has 2 heterocycles. The van der Waals surface area contributed by atoms with E-state index in [9.17, 15) is 9.59 Å². The molecule has 0 saturated heterocycles. The number of nitrogens with zero attached hydrogens (tertiary/aromatic N) is 2. The predicted molar refractivity (Wildman–Crippen MR) is 126 cm³/mol. The Morgan fingerprint density at radius 2 is 1.91 bits per heavy atom. The molecule has 2 N–H and O–H groups in total. The van der Waals surface area contributed by atoms with Gasteiger partial charge in [-0.2, -0.15) is 0 Å². The number of anilines is 2. The van der Waals surface area contributed by atoms with Crippen LogP contribution < -0.4 is 30.0 Å². The first-order valence-corrected chi connectivity index (χ1v) is 10.7. The quantitative estimate of drug-likeness (QED) is 0.588. The van der Waals surface area contributed by atoms with Crippen LogP contribution in [0.1, 0.15) is 12.5 Å². The highest BCUT2D eigenvalue weighted by atomic mass is 16.7. The molecule has 0 saturated carbocycles. The minimum atomic E-state index is -0.691. The number of amides is 2. The van der Waals surface area contributed by atoms with Crippen LogP contribution in [0.2, 0.25) is 0 Å². The summed E-state index contributed by atoms with van der Waals surface area (Å²) in [6.07, 6.45) is 0. The van der Waals surface area contributed by atoms with Gasteiger partial charge in [0.05, 0.1) is 5.69 Å². The van der Waals surface area contributed by atoms with Crippen LogP contribution in [0, 0.1) is 0 Å². The fraction of sp³-hybridized carbons (Fsp3) is 0.160. The second-order valence-corrected chi connectivity index (χ2v) is 7.73. The van der Waals surface area contributed by atoms with Crippen molar-refractivity contribution in [2.24, 2.45) is 4.99 Å². The highest BCUT2D eigenvalue weighted by molar-refractivity contribution is 6.43. The third-order valence-electron chi connectivity index (χ3n) is 5.28. The third kappa shape index (κ3) is 4.49. The number of fused-ring (bicyclic) bond motifs is 1. The Morgan fingerprint density at radius 1 is 1.09 bits per heavy atom. The molecule has 1 unspecified atom stereocenters. The van der Waals surface area contributed by atoms with Gasteiger partial charge in [0.25, 0.3) is 11.8 Å². The topological polar surface area (TPSA) is 101 Å². The van der Waals surface area contributed by atoms with Crippen LogP contribution >= 0.6 is 0 Å². The van der Waals surface area contributed by atoms with Crippen molar-refractivity contribution < 1.29 is 23.8 Å². The Balaban J connectivity index is 1.24. The lowest BCUT2D eigenvalue weighted by atomic mass is 10.2. The number of carbonyl (C=O) groups is 2. The molecule has 9 nitrogen and oxygen atoms in total. The lowest BCUT2D eigenvalue weighted by molar-refractivity contribution is -0.120. The number of hydrogen-bond acceptors (Lipinski definition) is 7. The third-order valence-corrected chi connectivity index (χ3v) is 5.28. The molecule has 2 amide bonds. The molecule has 0 radical (unpaired) electrons. The molecule has 34 heavy (non-hydrogen) atoms. The van der Waals surface area contributed by atoms with E-state index in [1.165, 1.54) is 5.01 Å². The first kappa shape index (κ1) is 21.3. The van der Waals surface area contributed by atoms with E-state index in [2.05, 4.69) is 15.7 Å². The van der Waals surface area contributed by atoms with Gasteiger partial charge in [-0.15, -0.1) is 0 Å². The lowest BCUT2D eigenvalue weighted by Gasteiger charge is -2.30. The van der Waals surface area contributed by atoms with Crippen molar-refractivity contribution >= 4 is 29.0 Å². The van der Waals surface area contributed by atoms with Crippen molar-refractivity contribution in [2.75, 3.05) is 17.1 Å². The fourth-order valence-corrected chi connectivity index (χ4v) is 3.57. The first-order chi connectivity index (χ1) is 16.6. The maximum Gasteiger partial charge on any atom is 0.292 e. The Morgan fingerprint density at radius 3 is 2.76 bits per heavy atom. The van der Waals surface area contributed by atoms with Crippen LogP contribution in [-0.2, 0) is 16.2 Å². The van der Waals surface area contributed by atoms with Gasteiger partial charge >= 0.3 is 0 Å². The molecular formula is C25H22N4O5. The number of rotatable bonds is 6. The van der Waals surface area contributed by atoms with Crippen LogP contribution in [0.25, 0.3) is 0 Å². The minimum absolute atomic E-state index is 0.0537. The summed E-state index contributed by atoms with van der Waals surface area (Å²) in [6, 6.07) is 21.1. The molecule has 0 bridgehead atoms. The molecule has 0 fully saturated rings. The standard InChI is InChI=1S/C25H22N4O5/c1-16-25(31)29(19-8-3-2-4-9-19)28-23(26-16)24(30)27-18-7-5-6-17(12-18)14-32-20-10-11-21-22(13-20)34-15-33-21/h2-13,16H,14-15H2,1H3,(H,26,28)(H,27,30). The molecule has 172 valence electrons. The summed E-state index contributed by atoms with van der Waals surface area (Å²) in [7, 11) is 0. The molecule has 5 rings (SSSR count). The summed E-state index contributed by atoms with van der Waals surface area (Å²) < 4.78 is 16.5. The molecule has 2 aliphatic rings. The number of amidine groups is 1. The normalized spacial score (nSPS) is 16.5. The molecule has 0 aliphatic carbocycles. The van der Waals surface area contributed by atoms with E-state index in [4.69, 9.17) is 14.2 Å². The number of benzene rings is 3. The van der Waals surface area contributed by atoms with Crippen LogP contribution in [-0.4, -0.2) is 30.5 Å².